The van der Waals surface area contributed by atoms with Crippen LogP contribution in [0.3, 0.4) is 0 Å². The van der Waals surface area contributed by atoms with Gasteiger partial charge in [0.1, 0.15) is 0 Å². The summed E-state index contributed by atoms with van der Waals surface area (Å²) in [6.45, 7) is 2.61. The lowest BCUT2D eigenvalue weighted by Crippen LogP contribution is -2.27. The molecular formula is C13H16N4OS. The van der Waals surface area contributed by atoms with Crippen molar-refractivity contribution in [2.45, 2.75) is 12.8 Å². The maximum absolute atomic E-state index is 11.9. The van der Waals surface area contributed by atoms with E-state index < -0.39 is 0 Å². The first-order chi connectivity index (χ1) is 9.20. The molecule has 0 aliphatic heterocycles. The molecule has 0 spiro atoms. The van der Waals surface area contributed by atoms with Crippen LogP contribution in [-0.2, 0) is 0 Å². The van der Waals surface area contributed by atoms with Crippen LogP contribution in [0.1, 0.15) is 28.2 Å². The highest BCUT2D eigenvalue weighted by molar-refractivity contribution is 7.09. The summed E-state index contributed by atoms with van der Waals surface area (Å²) in [5.41, 5.74) is 3.91. The number of nitrogens with two attached hydrogens (primary N) is 1. The second-order valence-corrected chi connectivity index (χ2v) is 5.13. The molecule has 0 saturated carbocycles. The van der Waals surface area contributed by atoms with Gasteiger partial charge in [-0.25, -0.2) is 4.98 Å². The summed E-state index contributed by atoms with van der Waals surface area (Å²) < 4.78 is 0. The van der Waals surface area contributed by atoms with Crippen molar-refractivity contribution in [1.29, 1.82) is 0 Å². The topological polar surface area (TPSA) is 80.0 Å². The molecule has 0 bridgehead atoms. The molecule has 4 N–H and O–H groups in total. The van der Waals surface area contributed by atoms with E-state index in [0.717, 1.165) is 10.7 Å². The van der Waals surface area contributed by atoms with Gasteiger partial charge >= 0.3 is 0 Å². The number of hydrazine groups is 1. The van der Waals surface area contributed by atoms with E-state index in [0.29, 0.717) is 12.1 Å². The van der Waals surface area contributed by atoms with Crippen LogP contribution in [0, 0.1) is 0 Å². The van der Waals surface area contributed by atoms with E-state index in [4.69, 9.17) is 5.84 Å². The Balaban J connectivity index is 1.90. The van der Waals surface area contributed by atoms with Crippen LogP contribution in [0.5, 0.6) is 0 Å². The third kappa shape index (κ3) is 3.52. The second kappa shape index (κ2) is 6.31. The van der Waals surface area contributed by atoms with Crippen LogP contribution in [0.2, 0.25) is 0 Å². The van der Waals surface area contributed by atoms with Gasteiger partial charge in [0, 0.05) is 35.3 Å². The molecule has 1 heterocycles. The molecule has 2 rings (SSSR count). The van der Waals surface area contributed by atoms with Gasteiger partial charge in [-0.3, -0.25) is 10.6 Å². The van der Waals surface area contributed by atoms with Crippen molar-refractivity contribution >= 4 is 22.9 Å². The SMILES string of the molecule is CC(CNC(=O)c1ccc(NN)cc1)c1nccs1. The number of aromatic nitrogens is 1. The molecule has 1 aromatic carbocycles. The Morgan fingerprint density at radius 1 is 1.42 bits per heavy atom. The van der Waals surface area contributed by atoms with E-state index in [2.05, 4.69) is 15.7 Å². The van der Waals surface area contributed by atoms with Gasteiger partial charge in [0.2, 0.25) is 0 Å². The van der Waals surface area contributed by atoms with Crippen LogP contribution in [-0.4, -0.2) is 17.4 Å². The molecule has 0 fully saturated rings. The first kappa shape index (κ1) is 13.5. The normalized spacial score (nSPS) is 11.9. The summed E-state index contributed by atoms with van der Waals surface area (Å²) in [6.07, 6.45) is 1.77. The smallest absolute Gasteiger partial charge is 0.251 e. The largest absolute Gasteiger partial charge is 0.351 e. The number of thiazole rings is 1. The van der Waals surface area contributed by atoms with Gasteiger partial charge in [-0.2, -0.15) is 0 Å². The Hall–Kier alpha value is -1.92. The van der Waals surface area contributed by atoms with Gasteiger partial charge < -0.3 is 10.7 Å². The molecular weight excluding hydrogens is 260 g/mol. The Morgan fingerprint density at radius 2 is 2.16 bits per heavy atom. The highest BCUT2D eigenvalue weighted by atomic mass is 32.1. The molecule has 1 unspecified atom stereocenters. The third-order valence-electron chi connectivity index (χ3n) is 2.76. The van der Waals surface area contributed by atoms with Crippen molar-refractivity contribution < 1.29 is 4.79 Å². The molecule has 1 atom stereocenters. The fourth-order valence-corrected chi connectivity index (χ4v) is 2.33. The number of rotatable bonds is 5. The molecule has 6 heteroatoms. The number of amides is 1. The number of benzene rings is 1. The van der Waals surface area contributed by atoms with Gasteiger partial charge in [0.15, 0.2) is 0 Å². The molecule has 0 saturated heterocycles. The van der Waals surface area contributed by atoms with Crippen molar-refractivity contribution in [1.82, 2.24) is 10.3 Å². The van der Waals surface area contributed by atoms with Gasteiger partial charge in [-0.05, 0) is 24.3 Å². The Bertz CT molecular complexity index is 524. The number of anilines is 1. The van der Waals surface area contributed by atoms with Gasteiger partial charge in [-0.1, -0.05) is 6.92 Å². The maximum atomic E-state index is 11.9. The quantitative estimate of drug-likeness (QED) is 0.576. The predicted octanol–water partition coefficient (Wildman–Crippen LogP) is 1.96. The average Bonchev–Trinajstić information content (AvgIpc) is 2.98. The third-order valence-corrected chi connectivity index (χ3v) is 3.76. The molecule has 0 aliphatic rings. The molecule has 1 amide bonds. The van der Waals surface area contributed by atoms with Crippen molar-refractivity contribution in [3.63, 3.8) is 0 Å². The zero-order valence-corrected chi connectivity index (χ0v) is 11.4. The molecule has 1 aromatic heterocycles. The van der Waals surface area contributed by atoms with E-state index in [9.17, 15) is 4.79 Å². The zero-order valence-electron chi connectivity index (χ0n) is 10.6. The van der Waals surface area contributed by atoms with Crippen molar-refractivity contribution in [2.75, 3.05) is 12.0 Å². The number of nitrogen functional groups attached to an aromatic ring is 1. The lowest BCUT2D eigenvalue weighted by molar-refractivity contribution is 0.0951. The Kier molecular flexibility index (Phi) is 4.48. The van der Waals surface area contributed by atoms with E-state index >= 15 is 0 Å². The summed E-state index contributed by atoms with van der Waals surface area (Å²) in [5.74, 6) is 5.40. The summed E-state index contributed by atoms with van der Waals surface area (Å²) in [7, 11) is 0. The van der Waals surface area contributed by atoms with Crippen LogP contribution in [0.25, 0.3) is 0 Å². The number of carbonyl (C=O) groups is 1. The molecule has 5 nitrogen and oxygen atoms in total. The minimum atomic E-state index is -0.0908. The van der Waals surface area contributed by atoms with Crippen molar-refractivity contribution in [3.05, 3.63) is 46.4 Å². The second-order valence-electron chi connectivity index (χ2n) is 4.20. The lowest BCUT2D eigenvalue weighted by atomic mass is 10.1. The predicted molar refractivity (Wildman–Crippen MR) is 77.1 cm³/mol. The molecule has 0 aliphatic carbocycles. The highest BCUT2D eigenvalue weighted by Crippen LogP contribution is 2.16. The molecule has 2 aromatic rings. The fraction of sp³-hybridized carbons (Fsp3) is 0.231. The summed E-state index contributed by atoms with van der Waals surface area (Å²) in [6, 6.07) is 7.00. The molecule has 19 heavy (non-hydrogen) atoms. The minimum Gasteiger partial charge on any atom is -0.351 e. The van der Waals surface area contributed by atoms with Crippen LogP contribution in [0.4, 0.5) is 5.69 Å². The molecule has 100 valence electrons. The van der Waals surface area contributed by atoms with E-state index in [-0.39, 0.29) is 11.8 Å². The van der Waals surface area contributed by atoms with Gasteiger partial charge in [-0.15, -0.1) is 11.3 Å². The number of nitrogens with one attached hydrogen (secondary N) is 2. The van der Waals surface area contributed by atoms with E-state index in [1.807, 2.05) is 12.3 Å². The van der Waals surface area contributed by atoms with Gasteiger partial charge in [0.25, 0.3) is 5.91 Å². The number of hydrogen-bond donors (Lipinski definition) is 3. The zero-order chi connectivity index (χ0) is 13.7. The van der Waals surface area contributed by atoms with Crippen molar-refractivity contribution in [2.24, 2.45) is 5.84 Å². The maximum Gasteiger partial charge on any atom is 0.251 e. The first-order valence-electron chi connectivity index (χ1n) is 5.95. The average molecular weight is 276 g/mol. The number of hydrogen-bond acceptors (Lipinski definition) is 5. The standard InChI is InChI=1S/C13H16N4OS/c1-9(13-15-6-7-19-13)8-16-12(18)10-2-4-11(17-14)5-3-10/h2-7,9,17H,8,14H2,1H3,(H,16,18). The van der Waals surface area contributed by atoms with Gasteiger partial charge in [0.05, 0.1) is 5.01 Å². The minimum absolute atomic E-state index is 0.0908. The fourth-order valence-electron chi connectivity index (χ4n) is 1.63. The lowest BCUT2D eigenvalue weighted by Gasteiger charge is -2.10. The van der Waals surface area contributed by atoms with Crippen LogP contribution >= 0.6 is 11.3 Å². The van der Waals surface area contributed by atoms with Crippen LogP contribution in [0.15, 0.2) is 35.8 Å². The van der Waals surface area contributed by atoms with E-state index in [1.165, 1.54) is 0 Å². The Morgan fingerprint density at radius 3 is 2.74 bits per heavy atom. The monoisotopic (exact) mass is 276 g/mol. The summed E-state index contributed by atoms with van der Waals surface area (Å²) >= 11 is 1.60. The first-order valence-corrected chi connectivity index (χ1v) is 6.83. The van der Waals surface area contributed by atoms with Crippen LogP contribution < -0.4 is 16.6 Å². The summed E-state index contributed by atoms with van der Waals surface area (Å²) in [5, 5.41) is 5.87. The highest BCUT2D eigenvalue weighted by Gasteiger charge is 2.11. The van der Waals surface area contributed by atoms with E-state index in [1.54, 1.807) is 41.8 Å². The summed E-state index contributed by atoms with van der Waals surface area (Å²) in [4.78, 5) is 16.2. The van der Waals surface area contributed by atoms with Crippen molar-refractivity contribution in [3.8, 4) is 0 Å². The number of nitrogens with zero attached hydrogens (tertiary/aromatic N) is 1. The number of carbonyl (C=O) groups excluding carboxylic acids is 1. The molecule has 0 radical (unpaired) electrons. The Labute approximate surface area is 115 Å².